The van der Waals surface area contributed by atoms with Gasteiger partial charge in [-0.1, -0.05) is 6.07 Å². The van der Waals surface area contributed by atoms with E-state index >= 15 is 0 Å². The number of ether oxygens (including phenoxy) is 1. The summed E-state index contributed by atoms with van der Waals surface area (Å²) in [5, 5.41) is 3.03. The van der Waals surface area contributed by atoms with E-state index in [2.05, 4.69) is 26.2 Å². The van der Waals surface area contributed by atoms with E-state index in [0.717, 1.165) is 10.4 Å². The van der Waals surface area contributed by atoms with Gasteiger partial charge in [0.25, 0.3) is 0 Å². The van der Waals surface area contributed by atoms with Crippen LogP contribution in [-0.2, 0) is 9.53 Å². The highest BCUT2D eigenvalue weighted by Gasteiger charge is 2.01. The summed E-state index contributed by atoms with van der Waals surface area (Å²) in [6, 6.07) is 5.57. The van der Waals surface area contributed by atoms with Crippen LogP contribution in [0.4, 0.5) is 5.82 Å². The Labute approximate surface area is 97.2 Å². The quantitative estimate of drug-likeness (QED) is 0.660. The number of nitrogens with zero attached hydrogens (tertiary/aromatic N) is 1. The van der Waals surface area contributed by atoms with Crippen molar-refractivity contribution in [1.29, 1.82) is 0 Å². The fourth-order valence-corrected chi connectivity index (χ4v) is 1.38. The van der Waals surface area contributed by atoms with Gasteiger partial charge in [-0.25, -0.2) is 4.98 Å². The molecule has 0 bridgehead atoms. The van der Waals surface area contributed by atoms with Crippen LogP contribution in [0.25, 0.3) is 0 Å². The average molecular weight is 273 g/mol. The highest BCUT2D eigenvalue weighted by Crippen LogP contribution is 2.09. The van der Waals surface area contributed by atoms with E-state index in [1.54, 1.807) is 6.92 Å². The summed E-state index contributed by atoms with van der Waals surface area (Å²) in [6.07, 6.45) is 0.349. The SMILES string of the molecule is CCOC(=O)CCNc1cccc(Br)n1. The molecule has 0 radical (unpaired) electrons. The van der Waals surface area contributed by atoms with Gasteiger partial charge < -0.3 is 10.1 Å². The summed E-state index contributed by atoms with van der Waals surface area (Å²) in [5.74, 6) is 0.550. The molecule has 0 aromatic carbocycles. The number of esters is 1. The highest BCUT2D eigenvalue weighted by atomic mass is 79.9. The second-order valence-electron chi connectivity index (χ2n) is 2.83. The molecule has 15 heavy (non-hydrogen) atoms. The molecule has 5 heteroatoms. The number of rotatable bonds is 5. The first-order valence-corrected chi connectivity index (χ1v) is 5.53. The van der Waals surface area contributed by atoms with Crippen molar-refractivity contribution in [3.05, 3.63) is 22.8 Å². The van der Waals surface area contributed by atoms with E-state index in [-0.39, 0.29) is 5.97 Å². The van der Waals surface area contributed by atoms with Gasteiger partial charge in [0.15, 0.2) is 0 Å². The summed E-state index contributed by atoms with van der Waals surface area (Å²) in [6.45, 7) is 2.75. The first-order chi connectivity index (χ1) is 7.22. The lowest BCUT2D eigenvalue weighted by molar-refractivity contribution is -0.142. The average Bonchev–Trinajstić information content (AvgIpc) is 2.18. The molecule has 0 atom stereocenters. The Bertz CT molecular complexity index is 331. The molecule has 0 aliphatic carbocycles. The molecule has 4 nitrogen and oxygen atoms in total. The first-order valence-electron chi connectivity index (χ1n) is 4.74. The number of halogens is 1. The standard InChI is InChI=1S/C10H13BrN2O2/c1-2-15-10(14)6-7-12-9-5-3-4-8(11)13-9/h3-5H,2,6-7H2,1H3,(H,12,13). The number of anilines is 1. The second kappa shape index (κ2) is 6.40. The number of nitrogens with one attached hydrogen (secondary N) is 1. The number of carbonyl (C=O) groups is 1. The third-order valence-electron chi connectivity index (χ3n) is 1.66. The van der Waals surface area contributed by atoms with E-state index in [1.165, 1.54) is 0 Å². The van der Waals surface area contributed by atoms with Crippen molar-refractivity contribution in [2.75, 3.05) is 18.5 Å². The van der Waals surface area contributed by atoms with Gasteiger partial charge in [0.2, 0.25) is 0 Å². The van der Waals surface area contributed by atoms with Gasteiger partial charge in [0.1, 0.15) is 10.4 Å². The van der Waals surface area contributed by atoms with Crippen molar-refractivity contribution in [2.24, 2.45) is 0 Å². The van der Waals surface area contributed by atoms with Crippen LogP contribution >= 0.6 is 15.9 Å². The zero-order valence-corrected chi connectivity index (χ0v) is 10.1. The third kappa shape index (κ3) is 4.78. The number of hydrogen-bond donors (Lipinski definition) is 1. The number of pyridine rings is 1. The molecule has 0 spiro atoms. The lowest BCUT2D eigenvalue weighted by Crippen LogP contribution is -2.11. The van der Waals surface area contributed by atoms with Gasteiger partial charge in [-0.3, -0.25) is 4.79 Å². The van der Waals surface area contributed by atoms with Crippen molar-refractivity contribution < 1.29 is 9.53 Å². The van der Waals surface area contributed by atoms with Gasteiger partial charge in [0.05, 0.1) is 13.0 Å². The molecule has 1 rings (SSSR count). The maximum atomic E-state index is 11.0. The van der Waals surface area contributed by atoms with E-state index in [4.69, 9.17) is 4.74 Å². The minimum atomic E-state index is -0.194. The van der Waals surface area contributed by atoms with Crippen LogP contribution in [0.1, 0.15) is 13.3 Å². The number of hydrogen-bond acceptors (Lipinski definition) is 4. The summed E-state index contributed by atoms with van der Waals surface area (Å²) < 4.78 is 5.56. The zero-order valence-electron chi connectivity index (χ0n) is 8.50. The van der Waals surface area contributed by atoms with Crippen molar-refractivity contribution in [2.45, 2.75) is 13.3 Å². The normalized spacial score (nSPS) is 9.73. The van der Waals surface area contributed by atoms with Gasteiger partial charge in [-0.15, -0.1) is 0 Å². The molecule has 1 aromatic heterocycles. The Kier molecular flexibility index (Phi) is 5.10. The minimum absolute atomic E-state index is 0.194. The predicted octanol–water partition coefficient (Wildman–Crippen LogP) is 2.21. The molecule has 0 unspecified atom stereocenters. The van der Waals surface area contributed by atoms with E-state index in [1.807, 2.05) is 18.2 Å². The maximum absolute atomic E-state index is 11.0. The van der Waals surface area contributed by atoms with Crippen LogP contribution in [0.5, 0.6) is 0 Å². The molecule has 1 aromatic rings. The van der Waals surface area contributed by atoms with Crippen molar-refractivity contribution in [3.63, 3.8) is 0 Å². The topological polar surface area (TPSA) is 51.2 Å². The van der Waals surface area contributed by atoms with Crippen LogP contribution < -0.4 is 5.32 Å². The Balaban J connectivity index is 2.28. The van der Waals surface area contributed by atoms with E-state index in [9.17, 15) is 4.79 Å². The monoisotopic (exact) mass is 272 g/mol. The molecule has 82 valence electrons. The molecule has 1 N–H and O–H groups in total. The minimum Gasteiger partial charge on any atom is -0.466 e. The van der Waals surface area contributed by atoms with Crippen molar-refractivity contribution in [1.82, 2.24) is 4.98 Å². The summed E-state index contributed by atoms with van der Waals surface area (Å²) in [5.41, 5.74) is 0. The van der Waals surface area contributed by atoms with Crippen molar-refractivity contribution in [3.8, 4) is 0 Å². The largest absolute Gasteiger partial charge is 0.466 e. The van der Waals surface area contributed by atoms with Crippen LogP contribution in [0.2, 0.25) is 0 Å². The van der Waals surface area contributed by atoms with E-state index < -0.39 is 0 Å². The zero-order chi connectivity index (χ0) is 11.1. The fraction of sp³-hybridized carbons (Fsp3) is 0.400. The molecule has 0 saturated heterocycles. The molecule has 0 aliphatic rings. The lowest BCUT2D eigenvalue weighted by atomic mass is 10.4. The Morgan fingerprint density at radius 1 is 1.60 bits per heavy atom. The Morgan fingerprint density at radius 3 is 3.07 bits per heavy atom. The van der Waals surface area contributed by atoms with E-state index in [0.29, 0.717) is 19.6 Å². The van der Waals surface area contributed by atoms with Gasteiger partial charge in [-0.05, 0) is 35.0 Å². The van der Waals surface area contributed by atoms with Crippen LogP contribution in [0.3, 0.4) is 0 Å². The van der Waals surface area contributed by atoms with Crippen LogP contribution in [-0.4, -0.2) is 24.1 Å². The summed E-state index contributed by atoms with van der Waals surface area (Å²) in [7, 11) is 0. The van der Waals surface area contributed by atoms with Gasteiger partial charge >= 0.3 is 5.97 Å². The molecular weight excluding hydrogens is 260 g/mol. The lowest BCUT2D eigenvalue weighted by Gasteiger charge is -2.05. The Hall–Kier alpha value is -1.10. The highest BCUT2D eigenvalue weighted by molar-refractivity contribution is 9.10. The first kappa shape index (κ1) is 12.0. The van der Waals surface area contributed by atoms with Crippen LogP contribution in [0.15, 0.2) is 22.8 Å². The third-order valence-corrected chi connectivity index (χ3v) is 2.10. The van der Waals surface area contributed by atoms with Crippen molar-refractivity contribution >= 4 is 27.7 Å². The molecule has 0 amide bonds. The number of aromatic nitrogens is 1. The molecule has 0 fully saturated rings. The van der Waals surface area contributed by atoms with Crippen LogP contribution in [0, 0.1) is 0 Å². The second-order valence-corrected chi connectivity index (χ2v) is 3.64. The summed E-state index contributed by atoms with van der Waals surface area (Å²) >= 11 is 3.27. The smallest absolute Gasteiger partial charge is 0.307 e. The Morgan fingerprint density at radius 2 is 2.40 bits per heavy atom. The summed E-state index contributed by atoms with van der Waals surface area (Å²) in [4.78, 5) is 15.2. The van der Waals surface area contributed by atoms with Gasteiger partial charge in [0, 0.05) is 6.54 Å². The predicted molar refractivity (Wildman–Crippen MR) is 61.7 cm³/mol. The molecule has 0 saturated carbocycles. The molecule has 0 aliphatic heterocycles. The molecule has 1 heterocycles. The fourth-order valence-electron chi connectivity index (χ4n) is 1.03. The van der Waals surface area contributed by atoms with Gasteiger partial charge in [-0.2, -0.15) is 0 Å². The number of carbonyl (C=O) groups excluding carboxylic acids is 1. The maximum Gasteiger partial charge on any atom is 0.307 e. The molecular formula is C10H13BrN2O2.